The lowest BCUT2D eigenvalue weighted by atomic mass is 10.0. The van der Waals surface area contributed by atoms with Crippen molar-refractivity contribution in [1.82, 2.24) is 20.3 Å². The normalized spacial score (nSPS) is 14.7. The van der Waals surface area contributed by atoms with Crippen molar-refractivity contribution >= 4 is 11.5 Å². The zero-order valence-corrected chi connectivity index (χ0v) is 17.2. The number of anilines is 2. The van der Waals surface area contributed by atoms with Crippen molar-refractivity contribution < 1.29 is 9.13 Å². The fourth-order valence-electron chi connectivity index (χ4n) is 3.96. The minimum absolute atomic E-state index is 0.271. The van der Waals surface area contributed by atoms with Crippen LogP contribution in [0.15, 0.2) is 30.5 Å². The van der Waals surface area contributed by atoms with Crippen molar-refractivity contribution in [1.29, 1.82) is 0 Å². The van der Waals surface area contributed by atoms with Crippen LogP contribution in [-0.2, 0) is 6.42 Å². The summed E-state index contributed by atoms with van der Waals surface area (Å²) in [7, 11) is 3.82. The Hall–Kier alpha value is -3.26. The summed E-state index contributed by atoms with van der Waals surface area (Å²) >= 11 is 0. The van der Waals surface area contributed by atoms with E-state index in [9.17, 15) is 4.39 Å². The van der Waals surface area contributed by atoms with Gasteiger partial charge in [-0.05, 0) is 42.3 Å². The van der Waals surface area contributed by atoms with Crippen LogP contribution in [-0.4, -0.2) is 48.2 Å². The highest BCUT2D eigenvalue weighted by molar-refractivity contribution is 5.88. The van der Waals surface area contributed by atoms with Gasteiger partial charge in [0.25, 0.3) is 0 Å². The monoisotopic (exact) mass is 406 g/mol. The van der Waals surface area contributed by atoms with Gasteiger partial charge < -0.3 is 20.3 Å². The number of pyridine rings is 1. The number of rotatable bonds is 5. The van der Waals surface area contributed by atoms with Crippen molar-refractivity contribution in [3.8, 4) is 22.9 Å². The number of hydrogen-bond donors (Lipinski definition) is 2. The molecule has 2 N–H and O–H groups in total. The summed E-state index contributed by atoms with van der Waals surface area (Å²) in [6, 6.07) is 7.42. The van der Waals surface area contributed by atoms with Crippen LogP contribution in [0.4, 0.5) is 15.9 Å². The third kappa shape index (κ3) is 3.13. The zero-order chi connectivity index (χ0) is 20.8. The van der Waals surface area contributed by atoms with E-state index in [2.05, 4.69) is 25.5 Å². The third-order valence-corrected chi connectivity index (χ3v) is 5.78. The molecule has 2 aromatic heterocycles. The van der Waals surface area contributed by atoms with Crippen LogP contribution >= 0.6 is 0 Å². The Bertz CT molecular complexity index is 1110. The van der Waals surface area contributed by atoms with E-state index in [-0.39, 0.29) is 11.8 Å². The molecule has 0 radical (unpaired) electrons. The highest BCUT2D eigenvalue weighted by Gasteiger charge is 2.32. The Morgan fingerprint density at radius 1 is 1.23 bits per heavy atom. The SMILES string of the molecule is CNc1cc(F)cc2c1Cc1nc(Oc3ccc(C)nc3)nc(N(C)C3CNC3)c1-2. The Balaban J connectivity index is 1.62. The lowest BCUT2D eigenvalue weighted by molar-refractivity contribution is 0.418. The average molecular weight is 406 g/mol. The number of benzene rings is 1. The standard InChI is InChI=1S/C22H23FN6O/c1-12-4-5-15(11-26-12)30-22-27-19-8-16-17(6-13(23)7-18(16)24-2)20(19)21(28-22)29(3)14-9-25-10-14/h4-7,11,14,24-25H,8-10H2,1-3H3. The Morgan fingerprint density at radius 2 is 2.07 bits per heavy atom. The number of fused-ring (bicyclic) bond motifs is 3. The molecule has 3 heterocycles. The molecule has 0 saturated carbocycles. The van der Waals surface area contributed by atoms with Crippen LogP contribution in [0.25, 0.3) is 11.1 Å². The molecular formula is C22H23FN6O. The minimum Gasteiger partial charge on any atom is -0.423 e. The maximum absolute atomic E-state index is 14.3. The van der Waals surface area contributed by atoms with E-state index in [4.69, 9.17) is 9.72 Å². The van der Waals surface area contributed by atoms with E-state index in [1.165, 1.54) is 6.07 Å². The summed E-state index contributed by atoms with van der Waals surface area (Å²) in [6.07, 6.45) is 2.25. The van der Waals surface area contributed by atoms with Gasteiger partial charge in [-0.25, -0.2) is 4.39 Å². The first kappa shape index (κ1) is 18.7. The van der Waals surface area contributed by atoms with Gasteiger partial charge in [0.05, 0.1) is 17.9 Å². The van der Waals surface area contributed by atoms with E-state index in [1.807, 2.05) is 26.1 Å². The van der Waals surface area contributed by atoms with E-state index in [0.717, 1.165) is 52.7 Å². The molecule has 0 bridgehead atoms. The molecular weight excluding hydrogens is 383 g/mol. The smallest absolute Gasteiger partial charge is 0.324 e. The summed E-state index contributed by atoms with van der Waals surface area (Å²) in [6.45, 7) is 3.68. The number of halogens is 1. The minimum atomic E-state index is -0.282. The van der Waals surface area contributed by atoms with Gasteiger partial charge in [-0.1, -0.05) is 0 Å². The summed E-state index contributed by atoms with van der Waals surface area (Å²) in [5, 5.41) is 6.40. The summed E-state index contributed by atoms with van der Waals surface area (Å²) in [5.74, 6) is 1.06. The van der Waals surface area contributed by atoms with Crippen LogP contribution in [0.5, 0.6) is 11.8 Å². The molecule has 0 unspecified atom stereocenters. The average Bonchev–Trinajstić information content (AvgIpc) is 3.05. The molecule has 8 heteroatoms. The quantitative estimate of drug-likeness (QED) is 0.527. The molecule has 1 aromatic carbocycles. The van der Waals surface area contributed by atoms with Crippen LogP contribution in [0, 0.1) is 12.7 Å². The van der Waals surface area contributed by atoms with E-state index in [0.29, 0.717) is 18.2 Å². The van der Waals surface area contributed by atoms with Gasteiger partial charge in [0.1, 0.15) is 17.4 Å². The number of aryl methyl sites for hydroxylation is 1. The fourth-order valence-corrected chi connectivity index (χ4v) is 3.96. The second-order valence-corrected chi connectivity index (χ2v) is 7.72. The number of nitrogens with one attached hydrogen (secondary N) is 2. The predicted octanol–water partition coefficient (Wildman–Crippen LogP) is 3.13. The summed E-state index contributed by atoms with van der Waals surface area (Å²) in [4.78, 5) is 15.8. The molecule has 0 amide bonds. The second kappa shape index (κ2) is 7.21. The molecule has 1 fully saturated rings. The highest BCUT2D eigenvalue weighted by atomic mass is 19.1. The van der Waals surface area contributed by atoms with Crippen molar-refractivity contribution in [2.24, 2.45) is 0 Å². The number of hydrogen-bond acceptors (Lipinski definition) is 7. The van der Waals surface area contributed by atoms with Crippen molar-refractivity contribution in [2.45, 2.75) is 19.4 Å². The van der Waals surface area contributed by atoms with Crippen LogP contribution in [0.3, 0.4) is 0 Å². The Labute approximate surface area is 174 Å². The maximum Gasteiger partial charge on any atom is 0.324 e. The maximum atomic E-state index is 14.3. The fraction of sp³-hybridized carbons (Fsp3) is 0.318. The van der Waals surface area contributed by atoms with Gasteiger partial charge >= 0.3 is 6.01 Å². The molecule has 1 saturated heterocycles. The first-order chi connectivity index (χ1) is 14.5. The predicted molar refractivity (Wildman–Crippen MR) is 114 cm³/mol. The van der Waals surface area contributed by atoms with E-state index < -0.39 is 0 Å². The van der Waals surface area contributed by atoms with Crippen LogP contribution in [0.1, 0.15) is 17.0 Å². The first-order valence-corrected chi connectivity index (χ1v) is 9.99. The van der Waals surface area contributed by atoms with Gasteiger partial charge in [0.2, 0.25) is 0 Å². The second-order valence-electron chi connectivity index (χ2n) is 7.72. The van der Waals surface area contributed by atoms with Gasteiger partial charge in [0, 0.05) is 50.6 Å². The van der Waals surface area contributed by atoms with Gasteiger partial charge in [-0.15, -0.1) is 0 Å². The van der Waals surface area contributed by atoms with Crippen molar-refractivity contribution in [3.05, 3.63) is 53.2 Å². The number of ether oxygens (including phenoxy) is 1. The lowest BCUT2D eigenvalue weighted by Gasteiger charge is -2.37. The van der Waals surface area contributed by atoms with Crippen molar-refractivity contribution in [3.63, 3.8) is 0 Å². The summed E-state index contributed by atoms with van der Waals surface area (Å²) < 4.78 is 20.3. The molecule has 3 aromatic rings. The molecule has 1 aliphatic heterocycles. The topological polar surface area (TPSA) is 75.2 Å². The highest BCUT2D eigenvalue weighted by Crippen LogP contribution is 2.45. The lowest BCUT2D eigenvalue weighted by Crippen LogP contribution is -2.56. The first-order valence-electron chi connectivity index (χ1n) is 9.99. The number of aromatic nitrogens is 3. The number of nitrogens with zero attached hydrogens (tertiary/aromatic N) is 4. The molecule has 0 atom stereocenters. The molecule has 30 heavy (non-hydrogen) atoms. The van der Waals surface area contributed by atoms with Gasteiger partial charge in [-0.2, -0.15) is 9.97 Å². The Morgan fingerprint density at radius 3 is 2.73 bits per heavy atom. The molecule has 154 valence electrons. The summed E-state index contributed by atoms with van der Waals surface area (Å²) in [5.41, 5.74) is 5.26. The van der Waals surface area contributed by atoms with Gasteiger partial charge in [-0.3, -0.25) is 4.98 Å². The Kier molecular flexibility index (Phi) is 4.51. The van der Waals surface area contributed by atoms with Crippen molar-refractivity contribution in [2.75, 3.05) is 37.4 Å². The number of likely N-dealkylation sites (N-methyl/N-ethyl adjacent to an activating group) is 1. The largest absolute Gasteiger partial charge is 0.423 e. The van der Waals surface area contributed by atoms with Crippen LogP contribution in [0.2, 0.25) is 0 Å². The van der Waals surface area contributed by atoms with Crippen LogP contribution < -0.4 is 20.3 Å². The zero-order valence-electron chi connectivity index (χ0n) is 17.2. The third-order valence-electron chi connectivity index (χ3n) is 5.78. The van der Waals surface area contributed by atoms with Gasteiger partial charge in [0.15, 0.2) is 0 Å². The van der Waals surface area contributed by atoms with E-state index in [1.54, 1.807) is 19.3 Å². The molecule has 5 rings (SSSR count). The molecule has 2 aliphatic rings. The van der Waals surface area contributed by atoms with E-state index >= 15 is 0 Å². The molecule has 7 nitrogen and oxygen atoms in total. The molecule has 1 aliphatic carbocycles. The molecule has 0 spiro atoms.